The van der Waals surface area contributed by atoms with E-state index in [1.165, 1.54) is 13.5 Å². The van der Waals surface area contributed by atoms with Crippen LogP contribution >= 0.6 is 15.9 Å². The zero-order valence-corrected chi connectivity index (χ0v) is 17.8. The molecule has 1 unspecified atom stereocenters. The number of carbonyl (C=O) groups is 2. The maximum Gasteiger partial charge on any atom is 0.339 e. The predicted octanol–water partition coefficient (Wildman–Crippen LogP) is 4.24. The Hall–Kier alpha value is -1.76. The van der Waals surface area contributed by atoms with Crippen LogP contribution in [0.2, 0.25) is 0 Å². The Kier molecular flexibility index (Phi) is 8.41. The number of methoxy groups -OCH3 is 1. The number of hydrogen-bond acceptors (Lipinski definition) is 5. The third-order valence-corrected chi connectivity index (χ3v) is 5.11. The monoisotopic (exact) mass is 441 g/mol. The molecule has 1 atom stereocenters. The Morgan fingerprint density at radius 1 is 1.26 bits per heavy atom. The summed E-state index contributed by atoms with van der Waals surface area (Å²) < 4.78 is 16.9. The summed E-state index contributed by atoms with van der Waals surface area (Å²) in [6.45, 7) is 4.13. The van der Waals surface area contributed by atoms with Crippen molar-refractivity contribution in [2.45, 2.75) is 64.5 Å². The first kappa shape index (κ1) is 21.5. The maximum atomic E-state index is 12.5. The average Bonchev–Trinajstić information content (AvgIpc) is 2.67. The molecular formula is C20H28BrNO5. The summed E-state index contributed by atoms with van der Waals surface area (Å²) in [5.41, 5.74) is 0.292. The van der Waals surface area contributed by atoms with Gasteiger partial charge in [-0.3, -0.25) is 4.79 Å². The first-order chi connectivity index (χ1) is 13.0. The number of carbonyl (C=O) groups excluding carboxylic acids is 2. The van der Waals surface area contributed by atoms with Gasteiger partial charge in [0.05, 0.1) is 23.8 Å². The molecule has 150 valence electrons. The SMILES string of the molecule is CCCOc1c(Br)cc(C(=O)OC(C)C(=O)NC2CCCCC2)cc1OC. The molecule has 1 amide bonds. The largest absolute Gasteiger partial charge is 0.493 e. The van der Waals surface area contributed by atoms with Gasteiger partial charge in [0.25, 0.3) is 5.91 Å². The minimum atomic E-state index is -0.861. The second-order valence-electron chi connectivity index (χ2n) is 6.73. The third kappa shape index (κ3) is 6.13. The van der Waals surface area contributed by atoms with Crippen LogP contribution < -0.4 is 14.8 Å². The normalized spacial score (nSPS) is 15.7. The topological polar surface area (TPSA) is 73.9 Å². The van der Waals surface area contributed by atoms with Gasteiger partial charge >= 0.3 is 5.97 Å². The summed E-state index contributed by atoms with van der Waals surface area (Å²) in [6.07, 6.45) is 5.42. The van der Waals surface area contributed by atoms with E-state index in [1.54, 1.807) is 19.1 Å². The number of amides is 1. The molecule has 1 aliphatic rings. The van der Waals surface area contributed by atoms with Crippen LogP contribution in [0.3, 0.4) is 0 Å². The molecule has 0 aliphatic heterocycles. The predicted molar refractivity (Wildman–Crippen MR) is 106 cm³/mol. The van der Waals surface area contributed by atoms with E-state index in [0.717, 1.165) is 32.1 Å². The molecule has 6 nitrogen and oxygen atoms in total. The number of benzene rings is 1. The third-order valence-electron chi connectivity index (χ3n) is 4.52. The Balaban J connectivity index is 2.01. The summed E-state index contributed by atoms with van der Waals surface area (Å²) in [5.74, 6) is 0.134. The second-order valence-corrected chi connectivity index (χ2v) is 7.58. The molecule has 0 spiro atoms. The van der Waals surface area contributed by atoms with Crippen LogP contribution in [0.25, 0.3) is 0 Å². The van der Waals surface area contributed by atoms with Crippen molar-refractivity contribution in [2.75, 3.05) is 13.7 Å². The maximum absolute atomic E-state index is 12.5. The molecular weight excluding hydrogens is 414 g/mol. The van der Waals surface area contributed by atoms with Crippen molar-refractivity contribution in [1.82, 2.24) is 5.32 Å². The fourth-order valence-electron chi connectivity index (χ4n) is 3.03. The summed E-state index contributed by atoms with van der Waals surface area (Å²) in [6, 6.07) is 3.35. The van der Waals surface area contributed by atoms with Crippen LogP contribution in [-0.2, 0) is 9.53 Å². The molecule has 1 aromatic rings. The Morgan fingerprint density at radius 3 is 2.59 bits per heavy atom. The standard InChI is InChI=1S/C20H28BrNO5/c1-4-10-26-18-16(21)11-14(12-17(18)25-3)20(24)27-13(2)19(23)22-15-8-6-5-7-9-15/h11-13,15H,4-10H2,1-3H3,(H,22,23). The zero-order chi connectivity index (χ0) is 19.8. The van der Waals surface area contributed by atoms with E-state index < -0.39 is 12.1 Å². The molecule has 0 bridgehead atoms. The van der Waals surface area contributed by atoms with E-state index in [9.17, 15) is 9.59 Å². The minimum Gasteiger partial charge on any atom is -0.493 e. The molecule has 1 N–H and O–H groups in total. The van der Waals surface area contributed by atoms with E-state index in [-0.39, 0.29) is 11.9 Å². The summed E-state index contributed by atoms with van der Waals surface area (Å²) in [5, 5.41) is 2.97. The molecule has 1 saturated carbocycles. The van der Waals surface area contributed by atoms with E-state index in [1.807, 2.05) is 6.92 Å². The first-order valence-electron chi connectivity index (χ1n) is 9.48. The van der Waals surface area contributed by atoms with Gasteiger partial charge < -0.3 is 19.5 Å². The molecule has 7 heteroatoms. The highest BCUT2D eigenvalue weighted by Crippen LogP contribution is 2.37. The lowest BCUT2D eigenvalue weighted by atomic mass is 9.95. The molecule has 0 saturated heterocycles. The fraction of sp³-hybridized carbons (Fsp3) is 0.600. The van der Waals surface area contributed by atoms with E-state index in [4.69, 9.17) is 14.2 Å². The van der Waals surface area contributed by atoms with Crippen molar-refractivity contribution < 1.29 is 23.8 Å². The Bertz CT molecular complexity index is 658. The highest BCUT2D eigenvalue weighted by molar-refractivity contribution is 9.10. The van der Waals surface area contributed by atoms with E-state index in [0.29, 0.717) is 28.1 Å². The van der Waals surface area contributed by atoms with Crippen LogP contribution in [0.1, 0.15) is 62.7 Å². The molecule has 1 fully saturated rings. The summed E-state index contributed by atoms with van der Waals surface area (Å²) in [4.78, 5) is 24.8. The van der Waals surface area contributed by atoms with Gasteiger partial charge in [0.1, 0.15) is 0 Å². The van der Waals surface area contributed by atoms with Crippen LogP contribution in [0.4, 0.5) is 0 Å². The van der Waals surface area contributed by atoms with Crippen molar-refractivity contribution >= 4 is 27.8 Å². The smallest absolute Gasteiger partial charge is 0.339 e. The summed E-state index contributed by atoms with van der Waals surface area (Å²) >= 11 is 3.41. The molecule has 0 heterocycles. The molecule has 0 radical (unpaired) electrons. The number of hydrogen-bond donors (Lipinski definition) is 1. The van der Waals surface area contributed by atoms with Crippen molar-refractivity contribution in [1.29, 1.82) is 0 Å². The minimum absolute atomic E-state index is 0.177. The molecule has 1 aromatic carbocycles. The van der Waals surface area contributed by atoms with Gasteiger partial charge in [0.2, 0.25) is 0 Å². The zero-order valence-electron chi connectivity index (χ0n) is 16.2. The van der Waals surface area contributed by atoms with Crippen LogP contribution in [-0.4, -0.2) is 37.7 Å². The average molecular weight is 442 g/mol. The molecule has 27 heavy (non-hydrogen) atoms. The van der Waals surface area contributed by atoms with Gasteiger partial charge in [0, 0.05) is 6.04 Å². The van der Waals surface area contributed by atoms with Crippen LogP contribution in [0.15, 0.2) is 16.6 Å². The van der Waals surface area contributed by atoms with Crippen molar-refractivity contribution in [2.24, 2.45) is 0 Å². The van der Waals surface area contributed by atoms with Crippen LogP contribution in [0.5, 0.6) is 11.5 Å². The lowest BCUT2D eigenvalue weighted by Gasteiger charge is -2.24. The highest BCUT2D eigenvalue weighted by atomic mass is 79.9. The van der Waals surface area contributed by atoms with Gasteiger partial charge in [-0.1, -0.05) is 26.2 Å². The Labute approximate surface area is 169 Å². The van der Waals surface area contributed by atoms with E-state index in [2.05, 4.69) is 21.2 Å². The molecule has 2 rings (SSSR count). The molecule has 1 aliphatic carbocycles. The van der Waals surface area contributed by atoms with Crippen molar-refractivity contribution in [3.05, 3.63) is 22.2 Å². The van der Waals surface area contributed by atoms with Gasteiger partial charge in [-0.2, -0.15) is 0 Å². The van der Waals surface area contributed by atoms with Gasteiger partial charge in [-0.05, 0) is 54.2 Å². The van der Waals surface area contributed by atoms with Crippen molar-refractivity contribution in [3.63, 3.8) is 0 Å². The van der Waals surface area contributed by atoms with Gasteiger partial charge in [0.15, 0.2) is 17.6 Å². The fourth-order valence-corrected chi connectivity index (χ4v) is 3.59. The van der Waals surface area contributed by atoms with Crippen LogP contribution in [0, 0.1) is 0 Å². The first-order valence-corrected chi connectivity index (χ1v) is 10.3. The second kappa shape index (κ2) is 10.5. The molecule has 0 aromatic heterocycles. The van der Waals surface area contributed by atoms with Gasteiger partial charge in [-0.15, -0.1) is 0 Å². The number of ether oxygens (including phenoxy) is 3. The number of esters is 1. The quantitative estimate of drug-likeness (QED) is 0.610. The number of nitrogens with one attached hydrogen (secondary N) is 1. The van der Waals surface area contributed by atoms with Crippen molar-refractivity contribution in [3.8, 4) is 11.5 Å². The van der Waals surface area contributed by atoms with Gasteiger partial charge in [-0.25, -0.2) is 4.79 Å². The number of halogens is 1. The Morgan fingerprint density at radius 2 is 1.96 bits per heavy atom. The van der Waals surface area contributed by atoms with E-state index >= 15 is 0 Å². The lowest BCUT2D eigenvalue weighted by Crippen LogP contribution is -2.42. The highest BCUT2D eigenvalue weighted by Gasteiger charge is 2.24. The summed E-state index contributed by atoms with van der Waals surface area (Å²) in [7, 11) is 1.51. The lowest BCUT2D eigenvalue weighted by molar-refractivity contribution is -0.130. The number of rotatable bonds is 8.